The van der Waals surface area contributed by atoms with Crippen molar-refractivity contribution in [3.8, 4) is 0 Å². The van der Waals surface area contributed by atoms with Crippen LogP contribution in [0.3, 0.4) is 0 Å². The van der Waals surface area contributed by atoms with Crippen LogP contribution in [0, 0.1) is 17.8 Å². The fourth-order valence-electron chi connectivity index (χ4n) is 2.42. The summed E-state index contributed by atoms with van der Waals surface area (Å²) in [6.45, 7) is 3.74. The van der Waals surface area contributed by atoms with E-state index in [1.165, 1.54) is 14.2 Å². The minimum atomic E-state index is -0.805. The second kappa shape index (κ2) is 5.68. The van der Waals surface area contributed by atoms with Gasteiger partial charge in [-0.15, -0.1) is 6.58 Å². The summed E-state index contributed by atoms with van der Waals surface area (Å²) in [6.07, 6.45) is 4.63. The molecule has 1 aliphatic carbocycles. The van der Waals surface area contributed by atoms with Crippen molar-refractivity contribution < 1.29 is 19.1 Å². The Balaban J connectivity index is 2.87. The third-order valence-electron chi connectivity index (χ3n) is 3.27. The molecular weight excluding hydrogens is 208 g/mol. The molecule has 0 spiro atoms. The van der Waals surface area contributed by atoms with Crippen LogP contribution in [-0.4, -0.2) is 26.2 Å². The van der Waals surface area contributed by atoms with Gasteiger partial charge in [0.15, 0.2) is 5.92 Å². The first-order valence-electron chi connectivity index (χ1n) is 5.44. The van der Waals surface area contributed by atoms with Crippen molar-refractivity contribution in [2.24, 2.45) is 17.8 Å². The van der Waals surface area contributed by atoms with Gasteiger partial charge in [0, 0.05) is 0 Å². The van der Waals surface area contributed by atoms with Gasteiger partial charge in [-0.2, -0.15) is 0 Å². The van der Waals surface area contributed by atoms with E-state index >= 15 is 0 Å². The van der Waals surface area contributed by atoms with Gasteiger partial charge < -0.3 is 9.47 Å². The molecule has 0 amide bonds. The SMILES string of the molecule is C=C[C@@H]1CCC[C@H]1C(C(=O)OC)C(=O)OC. The van der Waals surface area contributed by atoms with E-state index in [0.717, 1.165) is 19.3 Å². The Morgan fingerprint density at radius 2 is 1.81 bits per heavy atom. The van der Waals surface area contributed by atoms with Crippen LogP contribution in [0.2, 0.25) is 0 Å². The Morgan fingerprint density at radius 1 is 1.25 bits per heavy atom. The summed E-state index contributed by atoms with van der Waals surface area (Å²) in [5.74, 6) is -1.66. The van der Waals surface area contributed by atoms with E-state index in [1.807, 2.05) is 6.08 Å². The molecule has 0 saturated heterocycles. The third-order valence-corrected chi connectivity index (χ3v) is 3.27. The number of hydrogen-bond donors (Lipinski definition) is 0. The maximum atomic E-state index is 11.6. The highest BCUT2D eigenvalue weighted by Crippen LogP contribution is 2.38. The van der Waals surface area contributed by atoms with Gasteiger partial charge in [-0.05, 0) is 24.7 Å². The van der Waals surface area contributed by atoms with Crippen molar-refractivity contribution in [2.75, 3.05) is 14.2 Å². The van der Waals surface area contributed by atoms with Crippen LogP contribution in [0.1, 0.15) is 19.3 Å². The summed E-state index contributed by atoms with van der Waals surface area (Å²) in [6, 6.07) is 0. The van der Waals surface area contributed by atoms with Gasteiger partial charge in [-0.1, -0.05) is 12.5 Å². The fourth-order valence-corrected chi connectivity index (χ4v) is 2.42. The molecule has 90 valence electrons. The number of ether oxygens (including phenoxy) is 2. The molecule has 0 aromatic rings. The number of methoxy groups -OCH3 is 2. The van der Waals surface area contributed by atoms with Crippen LogP contribution < -0.4 is 0 Å². The van der Waals surface area contributed by atoms with Crippen molar-refractivity contribution in [1.82, 2.24) is 0 Å². The number of esters is 2. The summed E-state index contributed by atoms with van der Waals surface area (Å²) >= 11 is 0. The van der Waals surface area contributed by atoms with E-state index in [0.29, 0.717) is 0 Å². The van der Waals surface area contributed by atoms with Crippen LogP contribution in [0.5, 0.6) is 0 Å². The molecular formula is C12H18O4. The zero-order valence-electron chi connectivity index (χ0n) is 9.77. The Kier molecular flexibility index (Phi) is 4.52. The molecule has 0 N–H and O–H groups in total. The molecule has 1 rings (SSSR count). The molecule has 0 aliphatic heterocycles. The molecule has 0 heterocycles. The van der Waals surface area contributed by atoms with Gasteiger partial charge in [0.25, 0.3) is 0 Å². The predicted octanol–water partition coefficient (Wildman–Crippen LogP) is 1.55. The minimum Gasteiger partial charge on any atom is -0.468 e. The molecule has 16 heavy (non-hydrogen) atoms. The standard InChI is InChI=1S/C12H18O4/c1-4-8-6-5-7-9(8)10(11(13)15-2)12(14)16-3/h4,8-10H,1,5-7H2,2-3H3/t8-,9-/m1/s1. The summed E-state index contributed by atoms with van der Waals surface area (Å²) in [7, 11) is 2.58. The van der Waals surface area contributed by atoms with Crippen molar-refractivity contribution >= 4 is 11.9 Å². The zero-order valence-corrected chi connectivity index (χ0v) is 9.77. The van der Waals surface area contributed by atoms with Crippen molar-refractivity contribution in [1.29, 1.82) is 0 Å². The number of carbonyl (C=O) groups excluding carboxylic acids is 2. The Hall–Kier alpha value is -1.32. The van der Waals surface area contributed by atoms with Crippen LogP contribution >= 0.6 is 0 Å². The topological polar surface area (TPSA) is 52.6 Å². The largest absolute Gasteiger partial charge is 0.468 e. The molecule has 0 unspecified atom stereocenters. The number of carbonyl (C=O) groups is 2. The van der Waals surface area contributed by atoms with E-state index < -0.39 is 17.9 Å². The van der Waals surface area contributed by atoms with Gasteiger partial charge in [-0.25, -0.2) is 0 Å². The second-order valence-corrected chi connectivity index (χ2v) is 4.02. The van der Waals surface area contributed by atoms with Crippen LogP contribution in [-0.2, 0) is 19.1 Å². The van der Waals surface area contributed by atoms with Gasteiger partial charge in [0.2, 0.25) is 0 Å². The highest BCUT2D eigenvalue weighted by Gasteiger charge is 2.42. The first-order valence-corrected chi connectivity index (χ1v) is 5.44. The lowest BCUT2D eigenvalue weighted by molar-refractivity contribution is -0.162. The van der Waals surface area contributed by atoms with Crippen LogP contribution in [0.25, 0.3) is 0 Å². The van der Waals surface area contributed by atoms with Gasteiger partial charge in [0.05, 0.1) is 14.2 Å². The van der Waals surface area contributed by atoms with Crippen molar-refractivity contribution in [3.63, 3.8) is 0 Å². The monoisotopic (exact) mass is 226 g/mol. The number of rotatable bonds is 4. The molecule has 1 fully saturated rings. The normalized spacial score (nSPS) is 24.2. The molecule has 2 atom stereocenters. The van der Waals surface area contributed by atoms with Crippen LogP contribution in [0.4, 0.5) is 0 Å². The first kappa shape index (κ1) is 12.7. The molecule has 0 radical (unpaired) electrons. The lowest BCUT2D eigenvalue weighted by atomic mass is 9.84. The second-order valence-electron chi connectivity index (χ2n) is 4.02. The van der Waals surface area contributed by atoms with E-state index in [4.69, 9.17) is 0 Å². The molecule has 1 saturated carbocycles. The van der Waals surface area contributed by atoms with E-state index in [2.05, 4.69) is 16.1 Å². The van der Waals surface area contributed by atoms with Crippen molar-refractivity contribution in [3.05, 3.63) is 12.7 Å². The quantitative estimate of drug-likeness (QED) is 0.414. The smallest absolute Gasteiger partial charge is 0.320 e. The fraction of sp³-hybridized carbons (Fsp3) is 0.667. The number of hydrogen-bond acceptors (Lipinski definition) is 4. The minimum absolute atomic E-state index is 0.0302. The van der Waals surface area contributed by atoms with Gasteiger partial charge >= 0.3 is 11.9 Å². The zero-order chi connectivity index (χ0) is 12.1. The number of allylic oxidation sites excluding steroid dienone is 1. The molecule has 1 aliphatic rings. The summed E-state index contributed by atoms with van der Waals surface area (Å²) in [4.78, 5) is 23.2. The Labute approximate surface area is 95.6 Å². The molecule has 4 nitrogen and oxygen atoms in total. The average molecular weight is 226 g/mol. The molecule has 0 aromatic carbocycles. The van der Waals surface area contributed by atoms with E-state index in [1.54, 1.807) is 0 Å². The van der Waals surface area contributed by atoms with Crippen LogP contribution in [0.15, 0.2) is 12.7 Å². The van der Waals surface area contributed by atoms with E-state index in [9.17, 15) is 9.59 Å². The predicted molar refractivity (Wildman–Crippen MR) is 58.6 cm³/mol. The lowest BCUT2D eigenvalue weighted by Crippen LogP contribution is -2.34. The maximum Gasteiger partial charge on any atom is 0.320 e. The Bertz CT molecular complexity index is 269. The summed E-state index contributed by atoms with van der Waals surface area (Å²) in [5.41, 5.74) is 0. The van der Waals surface area contributed by atoms with Crippen molar-refractivity contribution in [2.45, 2.75) is 19.3 Å². The molecule has 0 aromatic heterocycles. The Morgan fingerprint density at radius 3 is 2.25 bits per heavy atom. The van der Waals surface area contributed by atoms with E-state index in [-0.39, 0.29) is 11.8 Å². The highest BCUT2D eigenvalue weighted by atomic mass is 16.5. The first-order chi connectivity index (χ1) is 7.65. The summed E-state index contributed by atoms with van der Waals surface area (Å²) < 4.78 is 9.33. The lowest BCUT2D eigenvalue weighted by Gasteiger charge is -2.22. The van der Waals surface area contributed by atoms with Gasteiger partial charge in [-0.3, -0.25) is 9.59 Å². The third kappa shape index (κ3) is 2.43. The average Bonchev–Trinajstić information content (AvgIpc) is 2.76. The molecule has 0 bridgehead atoms. The molecule has 4 heteroatoms. The summed E-state index contributed by atoms with van der Waals surface area (Å²) in [5, 5.41) is 0. The van der Waals surface area contributed by atoms with Gasteiger partial charge in [0.1, 0.15) is 0 Å². The maximum absolute atomic E-state index is 11.6. The highest BCUT2D eigenvalue weighted by molar-refractivity contribution is 5.95.